The van der Waals surface area contributed by atoms with Crippen LogP contribution in [0.25, 0.3) is 0 Å². The Morgan fingerprint density at radius 3 is 1.18 bits per heavy atom. The van der Waals surface area contributed by atoms with E-state index in [4.69, 9.17) is 66.3 Å². The summed E-state index contributed by atoms with van der Waals surface area (Å²) in [5.74, 6) is -21.6. The van der Waals surface area contributed by atoms with Gasteiger partial charge in [-0.15, -0.1) is 0 Å². The van der Waals surface area contributed by atoms with E-state index in [0.29, 0.717) is 12.8 Å². The largest absolute Gasteiger partial charge is 0.477 e. The number of rotatable bonds is 66. The molecular formula is C95H165N5O47. The highest BCUT2D eigenvalue weighted by Crippen LogP contribution is 2.44. The van der Waals surface area contributed by atoms with Crippen molar-refractivity contribution in [3.05, 3.63) is 12.2 Å². The maximum atomic E-state index is 14.1. The number of carboxylic acid groups (broad SMARTS) is 3. The number of ether oxygens (including phenoxy) is 14. The Bertz CT molecular complexity index is 3920. The minimum Gasteiger partial charge on any atom is -0.477 e. The Morgan fingerprint density at radius 1 is 0.381 bits per heavy atom. The molecule has 5 amide bonds. The van der Waals surface area contributed by atoms with E-state index in [0.717, 1.165) is 91.9 Å². The van der Waals surface area contributed by atoms with Crippen molar-refractivity contribution in [2.24, 2.45) is 0 Å². The quantitative estimate of drug-likeness (QED) is 0.0199. The minimum atomic E-state index is -3.54. The topological polar surface area (TPSA) is 832 Å². The van der Waals surface area contributed by atoms with E-state index in [9.17, 15) is 166 Å². The Morgan fingerprint density at radius 2 is 0.741 bits per heavy atom. The van der Waals surface area contributed by atoms with Crippen LogP contribution in [0.15, 0.2) is 12.2 Å². The van der Waals surface area contributed by atoms with Crippen molar-refractivity contribution in [2.75, 3.05) is 52.9 Å². The standard InChI is InChI=1S/C95H165N5O47/c1-7-9-11-13-15-17-19-21-22-24-26-28-30-32-34-36-64(117)100-52(53(111)35-33-31-29-27-25-23-20-18-16-14-12-10-8-2)46-134-87-76(125)74(123)80(61(44-105)137-87)141-88-77(126)75(124)79(62(45-106)138-88)140-86-68(99-51(6)110)81(142-89-78(127)85(71(120)59(42-103)136-89)147-95(92(132)133)39-56(114)66(97-49(4)108)83(146-95)70(119)58(116)41-102)73(122)63(139-86)47-135-93(90(128)129)37-54(112)67(98-50(5)109)84(144-93)72(121)60(43-104)143-94(91(130)131)38-55(113)65(96-48(3)107)82(145-94)69(118)57(115)40-101/h33,35,52-63,65-89,101-106,111-116,118-127H,7-32,34,36-47H2,1-6H3,(H,96,107)(H,97,108)(H,98,109)(H,99,110)(H,100,117)(H,128,129)(H,130,131)(H,132,133)/b35-33+/t52-,53+,54?,55?,56?,57+,58+,59?,60+,61?,62?,63?,65+,66+,67+,68?,69+,70+,71-,72+,73-,74+,75+,76?,77?,78?,79-,80+,81+,82?,83?,84?,85-,86-,87+,88-,89-,93+,94+,95-/m0/s1. The van der Waals surface area contributed by atoms with Crippen LogP contribution in [-0.4, -0.2) is 472 Å². The number of unbranched alkanes of at least 4 members (excludes halogenated alkanes) is 25. The van der Waals surface area contributed by atoms with Crippen molar-refractivity contribution in [1.82, 2.24) is 26.6 Å². The van der Waals surface area contributed by atoms with Crippen molar-refractivity contribution in [1.29, 1.82) is 0 Å². The number of hydrogen-bond acceptors (Lipinski definition) is 44. The second-order valence-electron chi connectivity index (χ2n) is 39.3. The van der Waals surface area contributed by atoms with E-state index in [1.165, 1.54) is 102 Å². The summed E-state index contributed by atoms with van der Waals surface area (Å²) in [4.78, 5) is 106. The Balaban J connectivity index is 1.19. The Hall–Kier alpha value is -5.94. The van der Waals surface area contributed by atoms with Crippen molar-refractivity contribution < 1.29 is 232 Å². The molecule has 30 N–H and O–H groups in total. The fourth-order valence-electron chi connectivity index (χ4n) is 19.4. The second kappa shape index (κ2) is 63.2. The van der Waals surface area contributed by atoms with Crippen molar-refractivity contribution in [3.63, 3.8) is 0 Å². The number of hydrogen-bond donors (Lipinski definition) is 30. The predicted octanol–water partition coefficient (Wildman–Crippen LogP) is -6.69. The van der Waals surface area contributed by atoms with E-state index >= 15 is 0 Å². The summed E-state index contributed by atoms with van der Waals surface area (Å²) in [5.41, 5.74) is 0. The monoisotopic (exact) mass is 2130 g/mol. The molecule has 7 aliphatic rings. The predicted molar refractivity (Wildman–Crippen MR) is 501 cm³/mol. The maximum absolute atomic E-state index is 14.1. The smallest absolute Gasteiger partial charge is 0.364 e. The van der Waals surface area contributed by atoms with Gasteiger partial charge in [-0.05, 0) is 19.3 Å². The van der Waals surface area contributed by atoms with Crippen LogP contribution < -0.4 is 26.6 Å². The first-order valence-electron chi connectivity index (χ1n) is 51.4. The molecule has 40 atom stereocenters. The number of nitrogens with one attached hydrogen (secondary N) is 5. The summed E-state index contributed by atoms with van der Waals surface area (Å²) in [6, 6.07) is -9.19. The molecule has 7 heterocycles. The van der Waals surface area contributed by atoms with E-state index in [1.54, 1.807) is 6.08 Å². The van der Waals surface area contributed by atoms with Gasteiger partial charge in [0.15, 0.2) is 25.2 Å². The highest BCUT2D eigenvalue weighted by atomic mass is 16.8. The molecule has 147 heavy (non-hydrogen) atoms. The van der Waals surface area contributed by atoms with Gasteiger partial charge in [-0.3, -0.25) is 24.0 Å². The number of carbonyl (C=O) groups is 8. The lowest BCUT2D eigenvalue weighted by Crippen LogP contribution is -2.72. The van der Waals surface area contributed by atoms with Gasteiger partial charge in [-0.2, -0.15) is 0 Å². The van der Waals surface area contributed by atoms with Gasteiger partial charge in [0, 0.05) is 53.4 Å². The third-order valence-electron chi connectivity index (χ3n) is 27.6. The summed E-state index contributed by atoms with van der Waals surface area (Å²) in [5, 5.41) is 297. The van der Waals surface area contributed by atoms with Crippen LogP contribution in [0.2, 0.25) is 0 Å². The molecule has 0 radical (unpaired) electrons. The van der Waals surface area contributed by atoms with Gasteiger partial charge >= 0.3 is 17.9 Å². The molecule has 0 bridgehead atoms. The number of allylic oxidation sites excluding steroid dienone is 1. The fraction of sp³-hybridized carbons (Fsp3) is 0.895. The van der Waals surface area contributed by atoms with Crippen molar-refractivity contribution >= 4 is 47.4 Å². The van der Waals surface area contributed by atoms with Crippen LogP contribution in [0.4, 0.5) is 0 Å². The van der Waals surface area contributed by atoms with E-state index in [-0.39, 0.29) is 6.42 Å². The van der Waals surface area contributed by atoms with Gasteiger partial charge in [0.1, 0.15) is 153 Å². The summed E-state index contributed by atoms with van der Waals surface area (Å²) >= 11 is 0. The maximum Gasteiger partial charge on any atom is 0.364 e. The molecule has 7 rings (SSSR count). The molecule has 52 heteroatoms. The molecule has 0 aromatic heterocycles. The zero-order valence-electron chi connectivity index (χ0n) is 84.3. The number of carboxylic acids is 3. The number of aliphatic carboxylic acids is 3. The number of carbonyl (C=O) groups excluding carboxylic acids is 5. The molecule has 0 aromatic carbocycles. The highest BCUT2D eigenvalue weighted by molar-refractivity contribution is 5.79. The normalized spacial score (nSPS) is 35.5. The Labute approximate surface area is 852 Å². The first kappa shape index (κ1) is 128. The van der Waals surface area contributed by atoms with E-state index in [1.807, 2.05) is 0 Å². The number of aliphatic hydroxyl groups excluding tert-OH is 22. The molecule has 852 valence electrons. The van der Waals surface area contributed by atoms with E-state index < -0.39 is 363 Å². The molecule has 7 aliphatic heterocycles. The van der Waals surface area contributed by atoms with Gasteiger partial charge in [0.25, 0.3) is 17.4 Å². The zero-order chi connectivity index (χ0) is 109. The first-order chi connectivity index (χ1) is 69.8. The number of amides is 5. The van der Waals surface area contributed by atoms with Gasteiger partial charge in [0.2, 0.25) is 29.5 Å². The first-order valence-corrected chi connectivity index (χ1v) is 51.4. The lowest BCUT2D eigenvalue weighted by atomic mass is 9.87. The van der Waals surface area contributed by atoms with Crippen LogP contribution in [0.1, 0.15) is 241 Å². The van der Waals surface area contributed by atoms with Crippen LogP contribution >= 0.6 is 0 Å². The van der Waals surface area contributed by atoms with Gasteiger partial charge in [-0.1, -0.05) is 180 Å². The average Bonchev–Trinajstić information content (AvgIpc) is 0.745. The molecule has 7 saturated heterocycles. The SMILES string of the molecule is CCCCCCCCCCCCC/C=C/[C@@H](O)[C@H](CO[C@@H]1OC(CO)[C@@H](O[C@@H]2OC(CO)[C@H](O[C@@H]3OC(CO[C@]4(C(=O)O)CC(O)[C@@H](NC(C)=O)C([C@H](O)[C@@H](CO)O[C@]5(C(=O)O)CC(O)[C@@H](NC(C)=O)C([C@H](O)[C@H](O)CO)O5)O4)[C@H](O)[C@H](O[C@@H]4OC(CO)[C@H](O)[C@H](O[C@]5(C(=O)O)CC(O)[C@@H](NC(C)=O)C([C@H](O)[C@H](O)CO)O5)C4O)C3NC(C)=O)[C@H](O)C2O)[C@H](O)C1O)NC(=O)CCCCCCCCCCCCCCCCC. The molecule has 0 aromatic rings. The molecule has 0 spiro atoms. The molecule has 14 unspecified atom stereocenters. The molecule has 52 nitrogen and oxygen atoms in total. The lowest BCUT2D eigenvalue weighted by molar-refractivity contribution is -0.391. The molecule has 0 saturated carbocycles. The van der Waals surface area contributed by atoms with Gasteiger partial charge in [-0.25, -0.2) is 14.4 Å². The van der Waals surface area contributed by atoms with Crippen LogP contribution in [0, 0.1) is 0 Å². The fourth-order valence-corrected chi connectivity index (χ4v) is 19.4. The molecular weight excluding hydrogens is 1960 g/mol. The zero-order valence-corrected chi connectivity index (χ0v) is 84.3. The third-order valence-corrected chi connectivity index (χ3v) is 27.6. The van der Waals surface area contributed by atoms with Crippen molar-refractivity contribution in [3.8, 4) is 0 Å². The summed E-state index contributed by atoms with van der Waals surface area (Å²) in [6.45, 7) is -2.04. The van der Waals surface area contributed by atoms with Crippen LogP contribution in [0.5, 0.6) is 0 Å². The summed E-state index contributed by atoms with van der Waals surface area (Å²) in [6.07, 6.45) is -45.2. The van der Waals surface area contributed by atoms with Crippen molar-refractivity contribution in [2.45, 2.75) is 484 Å². The summed E-state index contributed by atoms with van der Waals surface area (Å²) in [7, 11) is 0. The third kappa shape index (κ3) is 36.3. The van der Waals surface area contributed by atoms with Gasteiger partial charge < -0.3 is 221 Å². The van der Waals surface area contributed by atoms with Crippen LogP contribution in [-0.2, 0) is 105 Å². The highest BCUT2D eigenvalue weighted by Gasteiger charge is 2.65. The van der Waals surface area contributed by atoms with Crippen LogP contribution in [0.3, 0.4) is 0 Å². The average molecular weight is 2130 g/mol. The van der Waals surface area contributed by atoms with Gasteiger partial charge in [0.05, 0.1) is 101 Å². The second-order valence-corrected chi connectivity index (χ2v) is 39.3. The summed E-state index contributed by atoms with van der Waals surface area (Å²) < 4.78 is 83.5. The molecule has 0 aliphatic carbocycles. The number of aliphatic hydroxyl groups is 22. The molecule has 7 fully saturated rings. The lowest BCUT2D eigenvalue weighted by Gasteiger charge is -2.52. The van der Waals surface area contributed by atoms with E-state index in [2.05, 4.69) is 40.4 Å². The Kier molecular flexibility index (Phi) is 55.0. The minimum absolute atomic E-state index is 0.0961.